The highest BCUT2D eigenvalue weighted by molar-refractivity contribution is 9.10. The first-order valence-electron chi connectivity index (χ1n) is 5.94. The third kappa shape index (κ3) is 3.23. The summed E-state index contributed by atoms with van der Waals surface area (Å²) in [5, 5.41) is 8.96. The van der Waals surface area contributed by atoms with Gasteiger partial charge in [0.2, 0.25) is 10.0 Å². The lowest BCUT2D eigenvalue weighted by atomic mass is 10.0. The van der Waals surface area contributed by atoms with Gasteiger partial charge in [0.05, 0.1) is 6.61 Å². The van der Waals surface area contributed by atoms with Crippen LogP contribution in [0.4, 0.5) is 0 Å². The minimum absolute atomic E-state index is 0.0493. The Morgan fingerprint density at radius 1 is 1.60 bits per heavy atom. The molecule has 0 saturated carbocycles. The molecule has 1 aliphatic rings. The molecular weight excluding hydrogens is 354 g/mol. The molecule has 1 atom stereocenters. The summed E-state index contributed by atoms with van der Waals surface area (Å²) >= 11 is 3.02. The number of halogens is 1. The summed E-state index contributed by atoms with van der Waals surface area (Å²) < 4.78 is 42.6. The van der Waals surface area contributed by atoms with Gasteiger partial charge in [-0.2, -0.15) is 0 Å². The molecule has 20 heavy (non-hydrogen) atoms. The van der Waals surface area contributed by atoms with Crippen LogP contribution in [0.1, 0.15) is 12.2 Å². The number of hydrogen-bond donors (Lipinski definition) is 2. The van der Waals surface area contributed by atoms with Crippen LogP contribution in [0.25, 0.3) is 0 Å². The van der Waals surface area contributed by atoms with E-state index in [1.54, 1.807) is 0 Å². The van der Waals surface area contributed by atoms with E-state index in [9.17, 15) is 8.42 Å². The zero-order chi connectivity index (χ0) is 14.8. The molecule has 2 rings (SSSR count). The Morgan fingerprint density at radius 2 is 2.35 bits per heavy atom. The van der Waals surface area contributed by atoms with Gasteiger partial charge in [-0.3, -0.25) is 0 Å². The van der Waals surface area contributed by atoms with Gasteiger partial charge in [-0.05, 0) is 15.9 Å². The molecule has 0 aliphatic carbocycles. The van der Waals surface area contributed by atoms with Gasteiger partial charge in [0.15, 0.2) is 4.67 Å². The lowest BCUT2D eigenvalue weighted by Gasteiger charge is -2.25. The number of ether oxygens (including phenoxy) is 2. The monoisotopic (exact) mass is 369 g/mol. The van der Waals surface area contributed by atoms with Crippen LogP contribution in [-0.2, 0) is 26.1 Å². The first-order chi connectivity index (χ1) is 9.42. The molecule has 2 N–H and O–H groups in total. The summed E-state index contributed by atoms with van der Waals surface area (Å²) in [6.45, 7) is 0.627. The van der Waals surface area contributed by atoms with Crippen LogP contribution in [0.15, 0.2) is 20.0 Å². The fourth-order valence-electron chi connectivity index (χ4n) is 1.92. The van der Waals surface area contributed by atoms with Crippen molar-refractivity contribution in [3.05, 3.63) is 16.5 Å². The molecule has 1 aromatic rings. The Hall–Kier alpha value is -0.450. The van der Waals surface area contributed by atoms with Crippen molar-refractivity contribution < 1.29 is 27.4 Å². The summed E-state index contributed by atoms with van der Waals surface area (Å²) in [6, 6.07) is 1.27. The van der Waals surface area contributed by atoms with Crippen molar-refractivity contribution in [3.8, 4) is 0 Å². The highest BCUT2D eigenvalue weighted by Gasteiger charge is 2.36. The zero-order valence-electron chi connectivity index (χ0n) is 10.9. The fourth-order valence-corrected chi connectivity index (χ4v) is 4.03. The largest absolute Gasteiger partial charge is 0.450 e. The number of aliphatic hydroxyl groups is 1. The normalized spacial score (nSPS) is 23.4. The van der Waals surface area contributed by atoms with E-state index in [0.29, 0.717) is 19.6 Å². The van der Waals surface area contributed by atoms with Crippen molar-refractivity contribution in [3.63, 3.8) is 0 Å². The number of rotatable bonds is 6. The minimum Gasteiger partial charge on any atom is -0.450 e. The number of aliphatic hydroxyl groups excluding tert-OH is 1. The van der Waals surface area contributed by atoms with E-state index in [4.69, 9.17) is 19.0 Å². The van der Waals surface area contributed by atoms with Gasteiger partial charge in [0.1, 0.15) is 22.9 Å². The van der Waals surface area contributed by atoms with Crippen LogP contribution in [0, 0.1) is 0 Å². The molecule has 0 spiro atoms. The number of methoxy groups -OCH3 is 1. The second kappa shape index (κ2) is 6.12. The van der Waals surface area contributed by atoms with Crippen LogP contribution in [-0.4, -0.2) is 46.0 Å². The predicted octanol–water partition coefficient (Wildman–Crippen LogP) is 0.618. The summed E-state index contributed by atoms with van der Waals surface area (Å²) in [5.74, 6) is 0.169. The van der Waals surface area contributed by atoms with Crippen molar-refractivity contribution in [1.29, 1.82) is 0 Å². The summed E-state index contributed by atoms with van der Waals surface area (Å²) in [5.41, 5.74) is -0.636. The average molecular weight is 370 g/mol. The van der Waals surface area contributed by atoms with Gasteiger partial charge >= 0.3 is 0 Å². The van der Waals surface area contributed by atoms with Gasteiger partial charge in [-0.25, -0.2) is 13.1 Å². The molecule has 0 radical (unpaired) electrons. The number of furan rings is 1. The Bertz CT molecular complexity index is 563. The fraction of sp³-hybridized carbons (Fsp3) is 0.636. The standard InChI is InChI=1S/C11H16BrNO6S/c1-17-11(2-3-18-7-11)6-13-20(15,16)9-4-8(5-14)19-10(9)12/h4,13-14H,2-3,5-7H2,1H3. The lowest BCUT2D eigenvalue weighted by Crippen LogP contribution is -2.44. The molecule has 1 fully saturated rings. The van der Waals surface area contributed by atoms with E-state index < -0.39 is 15.6 Å². The summed E-state index contributed by atoms with van der Waals surface area (Å²) in [7, 11) is -2.22. The Balaban J connectivity index is 2.12. The van der Waals surface area contributed by atoms with Crippen molar-refractivity contribution in [2.75, 3.05) is 26.9 Å². The van der Waals surface area contributed by atoms with Gasteiger partial charge in [0, 0.05) is 32.7 Å². The molecule has 9 heteroatoms. The van der Waals surface area contributed by atoms with Crippen LogP contribution in [0.3, 0.4) is 0 Å². The molecule has 0 bridgehead atoms. The Labute approximate surface area is 125 Å². The number of sulfonamides is 1. The van der Waals surface area contributed by atoms with Gasteiger partial charge < -0.3 is 19.0 Å². The van der Waals surface area contributed by atoms with Crippen LogP contribution >= 0.6 is 15.9 Å². The lowest BCUT2D eigenvalue weighted by molar-refractivity contribution is -0.0120. The van der Waals surface area contributed by atoms with Crippen molar-refractivity contribution in [1.82, 2.24) is 4.72 Å². The molecular formula is C11H16BrNO6S. The van der Waals surface area contributed by atoms with Gasteiger partial charge in [-0.1, -0.05) is 0 Å². The third-order valence-electron chi connectivity index (χ3n) is 3.24. The molecule has 1 aliphatic heterocycles. The van der Waals surface area contributed by atoms with E-state index in [1.165, 1.54) is 13.2 Å². The smallest absolute Gasteiger partial charge is 0.245 e. The second-order valence-corrected chi connectivity index (χ2v) is 6.98. The van der Waals surface area contributed by atoms with Crippen LogP contribution in [0.2, 0.25) is 0 Å². The molecule has 114 valence electrons. The van der Waals surface area contributed by atoms with Crippen LogP contribution < -0.4 is 4.72 Å². The van der Waals surface area contributed by atoms with Crippen molar-refractivity contribution in [2.45, 2.75) is 23.5 Å². The summed E-state index contributed by atoms with van der Waals surface area (Å²) in [6.07, 6.45) is 0.625. The van der Waals surface area contributed by atoms with E-state index in [2.05, 4.69) is 20.7 Å². The summed E-state index contributed by atoms with van der Waals surface area (Å²) in [4.78, 5) is -0.0493. The maximum absolute atomic E-state index is 12.2. The second-order valence-electron chi connectivity index (χ2n) is 4.52. The van der Waals surface area contributed by atoms with Crippen molar-refractivity contribution in [2.24, 2.45) is 0 Å². The number of hydrogen-bond acceptors (Lipinski definition) is 6. The zero-order valence-corrected chi connectivity index (χ0v) is 13.3. The van der Waals surface area contributed by atoms with Crippen LogP contribution in [0.5, 0.6) is 0 Å². The molecule has 2 heterocycles. The van der Waals surface area contributed by atoms with Crippen molar-refractivity contribution >= 4 is 26.0 Å². The molecule has 0 amide bonds. The first-order valence-corrected chi connectivity index (χ1v) is 8.22. The maximum atomic E-state index is 12.2. The predicted molar refractivity (Wildman–Crippen MR) is 72.7 cm³/mol. The van der Waals surface area contributed by atoms with E-state index in [-0.39, 0.29) is 28.5 Å². The molecule has 1 unspecified atom stereocenters. The van der Waals surface area contributed by atoms with Gasteiger partial charge in [0.25, 0.3) is 0 Å². The average Bonchev–Trinajstić information content (AvgIpc) is 3.04. The highest BCUT2D eigenvalue weighted by atomic mass is 79.9. The molecule has 7 nitrogen and oxygen atoms in total. The highest BCUT2D eigenvalue weighted by Crippen LogP contribution is 2.27. The SMILES string of the molecule is COC1(CNS(=O)(=O)c2cc(CO)oc2Br)CCOC1. The third-order valence-corrected chi connectivity index (χ3v) is 5.49. The Morgan fingerprint density at radius 3 is 2.85 bits per heavy atom. The van der Waals surface area contributed by atoms with Gasteiger partial charge in [-0.15, -0.1) is 0 Å². The molecule has 1 aromatic heterocycles. The maximum Gasteiger partial charge on any atom is 0.245 e. The Kier molecular flexibility index (Phi) is 4.88. The first kappa shape index (κ1) is 15.9. The topological polar surface area (TPSA) is 98.0 Å². The molecule has 0 aromatic carbocycles. The van der Waals surface area contributed by atoms with E-state index in [0.717, 1.165) is 0 Å². The quantitative estimate of drug-likeness (QED) is 0.762. The molecule has 1 saturated heterocycles. The number of nitrogens with one attached hydrogen (secondary N) is 1. The minimum atomic E-state index is -3.75. The van der Waals surface area contributed by atoms with E-state index >= 15 is 0 Å². The van der Waals surface area contributed by atoms with E-state index in [1.807, 2.05) is 0 Å².